The first-order chi connectivity index (χ1) is 10.2. The largest absolute Gasteiger partial charge is 0.383 e. The summed E-state index contributed by atoms with van der Waals surface area (Å²) in [5.41, 5.74) is 2.60. The van der Waals surface area contributed by atoms with E-state index in [2.05, 4.69) is 56.8 Å². The summed E-state index contributed by atoms with van der Waals surface area (Å²) in [5, 5.41) is 7.72. The minimum absolute atomic E-state index is 0.430. The number of nitrogens with one attached hydrogen (secondary N) is 1. The lowest BCUT2D eigenvalue weighted by atomic mass is 9.93. The Morgan fingerprint density at radius 2 is 2.10 bits per heavy atom. The van der Waals surface area contributed by atoms with Crippen molar-refractivity contribution in [3.63, 3.8) is 0 Å². The van der Waals surface area contributed by atoms with E-state index in [1.165, 1.54) is 11.1 Å². The summed E-state index contributed by atoms with van der Waals surface area (Å²) in [6.07, 6.45) is 5.01. The fourth-order valence-corrected chi connectivity index (χ4v) is 2.62. The zero-order valence-corrected chi connectivity index (χ0v) is 14.1. The normalized spacial score (nSPS) is 12.5. The predicted octanol–water partition coefficient (Wildman–Crippen LogP) is 2.74. The molecule has 1 heterocycles. The number of rotatable bonds is 8. The standard InChI is InChI=1S/C16H22BrN3O/c1-20-12-13(10-19-20)9-15(11-18-7-8-21-2)14-3-5-16(17)6-4-14/h3-6,10,12,15,18H,7-9,11H2,1-2H3. The van der Waals surface area contributed by atoms with E-state index in [-0.39, 0.29) is 0 Å². The van der Waals surface area contributed by atoms with E-state index in [0.29, 0.717) is 5.92 Å². The quantitative estimate of drug-likeness (QED) is 0.743. The van der Waals surface area contributed by atoms with Crippen LogP contribution in [0.3, 0.4) is 0 Å². The molecular weight excluding hydrogens is 330 g/mol. The maximum atomic E-state index is 5.08. The lowest BCUT2D eigenvalue weighted by molar-refractivity contribution is 0.199. The van der Waals surface area contributed by atoms with Crippen LogP contribution in [0.15, 0.2) is 41.1 Å². The molecule has 4 nitrogen and oxygen atoms in total. The molecule has 0 aliphatic carbocycles. The van der Waals surface area contributed by atoms with Gasteiger partial charge in [0, 0.05) is 43.8 Å². The predicted molar refractivity (Wildman–Crippen MR) is 88.5 cm³/mol. The molecule has 1 unspecified atom stereocenters. The van der Waals surface area contributed by atoms with Crippen molar-refractivity contribution in [3.8, 4) is 0 Å². The van der Waals surface area contributed by atoms with Crippen molar-refractivity contribution in [1.29, 1.82) is 0 Å². The van der Waals surface area contributed by atoms with Gasteiger partial charge < -0.3 is 10.1 Å². The summed E-state index contributed by atoms with van der Waals surface area (Å²) in [6.45, 7) is 2.54. The lowest BCUT2D eigenvalue weighted by Crippen LogP contribution is -2.26. The third kappa shape index (κ3) is 5.26. The van der Waals surface area contributed by atoms with E-state index in [0.717, 1.165) is 30.6 Å². The highest BCUT2D eigenvalue weighted by Crippen LogP contribution is 2.22. The molecule has 5 heteroatoms. The Morgan fingerprint density at radius 1 is 1.33 bits per heavy atom. The van der Waals surface area contributed by atoms with Gasteiger partial charge in [0.1, 0.15) is 0 Å². The average molecular weight is 352 g/mol. The SMILES string of the molecule is COCCNCC(Cc1cnn(C)c1)c1ccc(Br)cc1. The Kier molecular flexibility index (Phi) is 6.42. The first kappa shape index (κ1) is 16.2. The first-order valence-corrected chi connectivity index (χ1v) is 7.91. The molecule has 2 aromatic rings. The van der Waals surface area contributed by atoms with Gasteiger partial charge in [0.15, 0.2) is 0 Å². The highest BCUT2D eigenvalue weighted by Gasteiger charge is 2.13. The van der Waals surface area contributed by atoms with Gasteiger partial charge in [-0.2, -0.15) is 5.10 Å². The van der Waals surface area contributed by atoms with Crippen molar-refractivity contribution in [2.45, 2.75) is 12.3 Å². The van der Waals surface area contributed by atoms with Crippen LogP contribution in [0.5, 0.6) is 0 Å². The molecule has 1 atom stereocenters. The van der Waals surface area contributed by atoms with Crippen molar-refractivity contribution >= 4 is 15.9 Å². The van der Waals surface area contributed by atoms with Crippen molar-refractivity contribution in [2.24, 2.45) is 7.05 Å². The van der Waals surface area contributed by atoms with Crippen molar-refractivity contribution in [3.05, 3.63) is 52.3 Å². The highest BCUT2D eigenvalue weighted by molar-refractivity contribution is 9.10. The molecule has 21 heavy (non-hydrogen) atoms. The van der Waals surface area contributed by atoms with Crippen LogP contribution in [0.25, 0.3) is 0 Å². The first-order valence-electron chi connectivity index (χ1n) is 7.11. The molecule has 0 radical (unpaired) electrons. The van der Waals surface area contributed by atoms with Crippen LogP contribution < -0.4 is 5.32 Å². The van der Waals surface area contributed by atoms with E-state index < -0.39 is 0 Å². The summed E-state index contributed by atoms with van der Waals surface area (Å²) in [6, 6.07) is 8.56. The fourth-order valence-electron chi connectivity index (χ4n) is 2.36. The summed E-state index contributed by atoms with van der Waals surface area (Å²) < 4.78 is 8.05. The third-order valence-corrected chi connectivity index (χ3v) is 3.98. The van der Waals surface area contributed by atoms with Gasteiger partial charge >= 0.3 is 0 Å². The van der Waals surface area contributed by atoms with E-state index in [4.69, 9.17) is 4.74 Å². The summed E-state index contributed by atoms with van der Waals surface area (Å²) in [5.74, 6) is 0.430. The number of hydrogen-bond acceptors (Lipinski definition) is 3. The molecule has 0 saturated heterocycles. The molecule has 0 aliphatic rings. The maximum absolute atomic E-state index is 5.08. The van der Waals surface area contributed by atoms with Gasteiger partial charge in [-0.1, -0.05) is 28.1 Å². The van der Waals surface area contributed by atoms with Crippen molar-refractivity contribution < 1.29 is 4.74 Å². The van der Waals surface area contributed by atoms with Gasteiger partial charge in [-0.15, -0.1) is 0 Å². The molecule has 1 N–H and O–H groups in total. The molecule has 0 spiro atoms. The number of halogens is 1. The smallest absolute Gasteiger partial charge is 0.0587 e. The number of benzene rings is 1. The van der Waals surface area contributed by atoms with Crippen LogP contribution in [-0.4, -0.2) is 36.6 Å². The number of aromatic nitrogens is 2. The minimum atomic E-state index is 0.430. The van der Waals surface area contributed by atoms with Crippen LogP contribution in [-0.2, 0) is 18.2 Å². The summed E-state index contributed by atoms with van der Waals surface area (Å²) in [7, 11) is 3.68. The maximum Gasteiger partial charge on any atom is 0.0587 e. The number of methoxy groups -OCH3 is 1. The summed E-state index contributed by atoms with van der Waals surface area (Å²) in [4.78, 5) is 0. The van der Waals surface area contributed by atoms with Gasteiger partial charge in [0.05, 0.1) is 12.8 Å². The lowest BCUT2D eigenvalue weighted by Gasteiger charge is -2.17. The topological polar surface area (TPSA) is 39.1 Å². The molecule has 0 fully saturated rings. The Bertz CT molecular complexity index is 539. The average Bonchev–Trinajstić information content (AvgIpc) is 2.88. The Hall–Kier alpha value is -1.17. The Labute approximate surface area is 134 Å². The Balaban J connectivity index is 2.04. The van der Waals surface area contributed by atoms with E-state index >= 15 is 0 Å². The van der Waals surface area contributed by atoms with Crippen molar-refractivity contribution in [2.75, 3.05) is 26.8 Å². The molecule has 0 saturated carbocycles. The molecular formula is C16H22BrN3O. The van der Waals surface area contributed by atoms with E-state index in [1.54, 1.807) is 7.11 Å². The number of aryl methyl sites for hydroxylation is 1. The van der Waals surface area contributed by atoms with Gasteiger partial charge in [-0.3, -0.25) is 4.68 Å². The fraction of sp³-hybridized carbons (Fsp3) is 0.438. The van der Waals surface area contributed by atoms with Gasteiger partial charge in [0.2, 0.25) is 0 Å². The highest BCUT2D eigenvalue weighted by atomic mass is 79.9. The van der Waals surface area contributed by atoms with Gasteiger partial charge in [0.25, 0.3) is 0 Å². The molecule has 1 aromatic carbocycles. The Morgan fingerprint density at radius 3 is 2.71 bits per heavy atom. The number of ether oxygens (including phenoxy) is 1. The van der Waals surface area contributed by atoms with Crippen LogP contribution in [0, 0.1) is 0 Å². The van der Waals surface area contributed by atoms with Crippen LogP contribution >= 0.6 is 15.9 Å². The summed E-state index contributed by atoms with van der Waals surface area (Å²) >= 11 is 3.49. The zero-order chi connectivity index (χ0) is 15.1. The second-order valence-electron chi connectivity index (χ2n) is 5.17. The molecule has 2 rings (SSSR count). The second kappa shape index (κ2) is 8.32. The minimum Gasteiger partial charge on any atom is -0.383 e. The van der Waals surface area contributed by atoms with Crippen LogP contribution in [0.2, 0.25) is 0 Å². The number of hydrogen-bond donors (Lipinski definition) is 1. The molecule has 1 aromatic heterocycles. The molecule has 0 bridgehead atoms. The van der Waals surface area contributed by atoms with E-state index in [9.17, 15) is 0 Å². The zero-order valence-electron chi connectivity index (χ0n) is 12.6. The third-order valence-electron chi connectivity index (χ3n) is 3.46. The van der Waals surface area contributed by atoms with Crippen LogP contribution in [0.4, 0.5) is 0 Å². The molecule has 0 amide bonds. The van der Waals surface area contributed by atoms with Crippen LogP contribution in [0.1, 0.15) is 17.0 Å². The second-order valence-corrected chi connectivity index (χ2v) is 6.09. The van der Waals surface area contributed by atoms with Crippen molar-refractivity contribution in [1.82, 2.24) is 15.1 Å². The number of nitrogens with zero attached hydrogens (tertiary/aromatic N) is 2. The molecule has 0 aliphatic heterocycles. The molecule has 114 valence electrons. The van der Waals surface area contributed by atoms with Gasteiger partial charge in [-0.25, -0.2) is 0 Å². The van der Waals surface area contributed by atoms with E-state index in [1.807, 2.05) is 17.9 Å². The van der Waals surface area contributed by atoms with Gasteiger partial charge in [-0.05, 0) is 29.7 Å². The monoisotopic (exact) mass is 351 g/mol.